The molecular formula is C23H35N5O3. The van der Waals surface area contributed by atoms with Gasteiger partial charge in [-0.3, -0.25) is 14.6 Å². The van der Waals surface area contributed by atoms with Crippen LogP contribution in [0.2, 0.25) is 0 Å². The van der Waals surface area contributed by atoms with E-state index in [9.17, 15) is 4.79 Å². The molecule has 0 saturated carbocycles. The van der Waals surface area contributed by atoms with Crippen molar-refractivity contribution in [1.29, 1.82) is 0 Å². The van der Waals surface area contributed by atoms with Gasteiger partial charge in [0.1, 0.15) is 0 Å². The number of hydrazone groups is 1. The van der Waals surface area contributed by atoms with Crippen LogP contribution in [0, 0.1) is 5.92 Å². The van der Waals surface area contributed by atoms with Crippen molar-refractivity contribution >= 4 is 12.2 Å². The monoisotopic (exact) mass is 429 g/mol. The highest BCUT2D eigenvalue weighted by molar-refractivity contribution is 5.79. The molecule has 2 unspecified atom stereocenters. The molecule has 31 heavy (non-hydrogen) atoms. The van der Waals surface area contributed by atoms with Crippen LogP contribution in [-0.4, -0.2) is 91.1 Å². The molecule has 3 aliphatic heterocycles. The zero-order valence-corrected chi connectivity index (χ0v) is 18.4. The Bertz CT molecular complexity index is 740. The number of hydrogen-bond donors (Lipinski definition) is 2. The molecule has 3 heterocycles. The fourth-order valence-electron chi connectivity index (χ4n) is 4.64. The van der Waals surface area contributed by atoms with Crippen LogP contribution in [0.15, 0.2) is 29.4 Å². The predicted molar refractivity (Wildman–Crippen MR) is 120 cm³/mol. The van der Waals surface area contributed by atoms with Crippen molar-refractivity contribution in [2.45, 2.75) is 37.8 Å². The quantitative estimate of drug-likeness (QED) is 0.640. The number of benzene rings is 1. The van der Waals surface area contributed by atoms with E-state index in [0.717, 1.165) is 70.6 Å². The molecule has 1 aromatic rings. The molecule has 3 fully saturated rings. The normalized spacial score (nSPS) is 26.7. The van der Waals surface area contributed by atoms with E-state index in [0.29, 0.717) is 12.3 Å². The minimum Gasteiger partial charge on any atom is -0.481 e. The Hall–Kier alpha value is -2.00. The van der Waals surface area contributed by atoms with Crippen molar-refractivity contribution in [2.24, 2.45) is 11.0 Å². The van der Waals surface area contributed by atoms with E-state index in [1.807, 2.05) is 6.21 Å². The molecule has 2 N–H and O–H groups in total. The number of carbonyl (C=O) groups is 1. The number of nitrogens with zero attached hydrogens (tertiary/aromatic N) is 4. The largest absolute Gasteiger partial charge is 0.481 e. The van der Waals surface area contributed by atoms with Crippen LogP contribution in [0.1, 0.15) is 42.9 Å². The fraction of sp³-hybridized carbons (Fsp3) is 0.652. The summed E-state index contributed by atoms with van der Waals surface area (Å²) in [6.07, 6.45) is 5.29. The first-order chi connectivity index (χ1) is 15.0. The molecule has 0 bridgehead atoms. The first kappa shape index (κ1) is 22.2. The highest BCUT2D eigenvalue weighted by Gasteiger charge is 2.30. The number of nitrogens with one attached hydrogen (secondary N) is 1. The molecule has 0 amide bonds. The van der Waals surface area contributed by atoms with Gasteiger partial charge in [0.2, 0.25) is 0 Å². The van der Waals surface area contributed by atoms with Gasteiger partial charge in [-0.05, 0) is 56.4 Å². The SMILES string of the molecule is CN1CCN(N=Cc2ccc(C3CC(CN4CCC(CC(=O)O)CC4)ON3)cc2)CC1. The number of aliphatic carboxylic acids is 1. The lowest BCUT2D eigenvalue weighted by Crippen LogP contribution is -2.41. The van der Waals surface area contributed by atoms with E-state index in [2.05, 4.69) is 56.7 Å². The van der Waals surface area contributed by atoms with Gasteiger partial charge in [-0.2, -0.15) is 10.6 Å². The lowest BCUT2D eigenvalue weighted by molar-refractivity contribution is -0.138. The molecule has 1 aromatic carbocycles. The summed E-state index contributed by atoms with van der Waals surface area (Å²) in [7, 11) is 2.15. The molecular weight excluding hydrogens is 394 g/mol. The third-order valence-electron chi connectivity index (χ3n) is 6.70. The zero-order chi connectivity index (χ0) is 21.6. The van der Waals surface area contributed by atoms with Crippen LogP contribution in [0.5, 0.6) is 0 Å². The van der Waals surface area contributed by atoms with Crippen molar-refractivity contribution in [3.63, 3.8) is 0 Å². The molecule has 8 heteroatoms. The topological polar surface area (TPSA) is 80.6 Å². The van der Waals surface area contributed by atoms with Crippen molar-refractivity contribution in [3.05, 3.63) is 35.4 Å². The summed E-state index contributed by atoms with van der Waals surface area (Å²) < 4.78 is 0. The number of piperidine rings is 1. The molecule has 4 rings (SSSR count). The number of piperazine rings is 1. The third-order valence-corrected chi connectivity index (χ3v) is 6.70. The Morgan fingerprint density at radius 2 is 1.87 bits per heavy atom. The summed E-state index contributed by atoms with van der Waals surface area (Å²) in [4.78, 5) is 21.5. The van der Waals surface area contributed by atoms with E-state index in [1.54, 1.807) is 0 Å². The fourth-order valence-corrected chi connectivity index (χ4v) is 4.64. The second-order valence-electron chi connectivity index (χ2n) is 9.16. The minimum atomic E-state index is -0.679. The highest BCUT2D eigenvalue weighted by Crippen LogP contribution is 2.27. The number of rotatable bonds is 7. The van der Waals surface area contributed by atoms with E-state index in [-0.39, 0.29) is 12.1 Å². The second kappa shape index (κ2) is 10.5. The Kier molecular flexibility index (Phi) is 7.55. The number of hydrogen-bond acceptors (Lipinski definition) is 7. The average molecular weight is 430 g/mol. The molecule has 0 aromatic heterocycles. The first-order valence-corrected chi connectivity index (χ1v) is 11.5. The Morgan fingerprint density at radius 3 is 2.55 bits per heavy atom. The number of likely N-dealkylation sites (tertiary alicyclic amines) is 1. The standard InChI is InChI=1S/C23H35N5O3/c1-26-10-12-28(13-11-26)24-16-19-2-4-20(5-3-19)22-15-21(31-25-22)17-27-8-6-18(7-9-27)14-23(29)30/h2-5,16,18,21-22,25H,6-15,17H2,1H3,(H,29,30). The maximum Gasteiger partial charge on any atom is 0.303 e. The average Bonchev–Trinajstić information content (AvgIpc) is 3.23. The van der Waals surface area contributed by atoms with Crippen molar-refractivity contribution in [3.8, 4) is 0 Å². The smallest absolute Gasteiger partial charge is 0.303 e. The van der Waals surface area contributed by atoms with Gasteiger partial charge in [-0.1, -0.05) is 24.3 Å². The highest BCUT2D eigenvalue weighted by atomic mass is 16.7. The Morgan fingerprint density at radius 1 is 1.16 bits per heavy atom. The number of likely N-dealkylation sites (N-methyl/N-ethyl adjacent to an activating group) is 1. The summed E-state index contributed by atoms with van der Waals surface area (Å²) >= 11 is 0. The van der Waals surface area contributed by atoms with Gasteiger partial charge in [-0.15, -0.1) is 0 Å². The molecule has 8 nitrogen and oxygen atoms in total. The van der Waals surface area contributed by atoms with Crippen LogP contribution >= 0.6 is 0 Å². The molecule has 0 aliphatic carbocycles. The van der Waals surface area contributed by atoms with Crippen LogP contribution < -0.4 is 5.48 Å². The van der Waals surface area contributed by atoms with Crippen LogP contribution in [0.25, 0.3) is 0 Å². The van der Waals surface area contributed by atoms with Crippen molar-refractivity contribution < 1.29 is 14.7 Å². The van der Waals surface area contributed by atoms with Crippen molar-refractivity contribution in [2.75, 3.05) is 52.9 Å². The minimum absolute atomic E-state index is 0.166. The molecule has 0 spiro atoms. The first-order valence-electron chi connectivity index (χ1n) is 11.5. The van der Waals surface area contributed by atoms with Crippen molar-refractivity contribution in [1.82, 2.24) is 20.3 Å². The van der Waals surface area contributed by atoms with E-state index >= 15 is 0 Å². The Labute approximate surface area is 184 Å². The molecule has 3 saturated heterocycles. The van der Waals surface area contributed by atoms with Gasteiger partial charge >= 0.3 is 5.97 Å². The van der Waals surface area contributed by atoms with Gasteiger partial charge in [0.05, 0.1) is 18.4 Å². The van der Waals surface area contributed by atoms with E-state index < -0.39 is 5.97 Å². The summed E-state index contributed by atoms with van der Waals surface area (Å²) in [5.74, 6) is -0.358. The number of carboxylic acid groups (broad SMARTS) is 1. The van der Waals surface area contributed by atoms with Gasteiger partial charge in [0.25, 0.3) is 0 Å². The summed E-state index contributed by atoms with van der Waals surface area (Å²) in [5.41, 5.74) is 5.55. The van der Waals surface area contributed by atoms with Crippen LogP contribution in [0.3, 0.4) is 0 Å². The lowest BCUT2D eigenvalue weighted by Gasteiger charge is -2.32. The molecule has 2 atom stereocenters. The third kappa shape index (κ3) is 6.49. The lowest BCUT2D eigenvalue weighted by atomic mass is 9.93. The molecule has 170 valence electrons. The maximum absolute atomic E-state index is 10.9. The summed E-state index contributed by atoms with van der Waals surface area (Å²) in [6, 6.07) is 8.77. The number of carboxylic acids is 1. The zero-order valence-electron chi connectivity index (χ0n) is 18.4. The second-order valence-corrected chi connectivity index (χ2v) is 9.16. The van der Waals surface area contributed by atoms with Crippen LogP contribution in [0.4, 0.5) is 0 Å². The van der Waals surface area contributed by atoms with Crippen LogP contribution in [-0.2, 0) is 9.63 Å². The molecule has 3 aliphatic rings. The Balaban J connectivity index is 1.21. The number of hydroxylamine groups is 1. The molecule has 0 radical (unpaired) electrons. The van der Waals surface area contributed by atoms with Gasteiger partial charge in [0.15, 0.2) is 0 Å². The van der Waals surface area contributed by atoms with E-state index in [4.69, 9.17) is 9.94 Å². The van der Waals surface area contributed by atoms with Gasteiger partial charge in [-0.25, -0.2) is 0 Å². The maximum atomic E-state index is 10.9. The summed E-state index contributed by atoms with van der Waals surface area (Å²) in [5, 5.41) is 15.7. The van der Waals surface area contributed by atoms with E-state index in [1.165, 1.54) is 5.56 Å². The van der Waals surface area contributed by atoms with Gasteiger partial charge < -0.3 is 14.9 Å². The summed E-state index contributed by atoms with van der Waals surface area (Å²) in [6.45, 7) is 6.91. The predicted octanol–water partition coefficient (Wildman–Crippen LogP) is 1.79. The van der Waals surface area contributed by atoms with Gasteiger partial charge in [0, 0.05) is 39.1 Å².